The van der Waals surface area contributed by atoms with Crippen molar-refractivity contribution in [1.29, 1.82) is 0 Å². The van der Waals surface area contributed by atoms with Crippen LogP contribution in [0.1, 0.15) is 43.2 Å². The summed E-state index contributed by atoms with van der Waals surface area (Å²) in [6.45, 7) is 3.85. The molecule has 1 atom stereocenters. The van der Waals surface area contributed by atoms with Gasteiger partial charge in [-0.25, -0.2) is 4.98 Å². The first-order valence-corrected chi connectivity index (χ1v) is 8.14. The Morgan fingerprint density at radius 2 is 2.26 bits per heavy atom. The predicted molar refractivity (Wildman–Crippen MR) is 77.8 cm³/mol. The average Bonchev–Trinajstić information content (AvgIpc) is 2.99. The largest absolute Gasteiger partial charge is 0.306 e. The number of rotatable bonds is 4. The average molecular weight is 279 g/mol. The van der Waals surface area contributed by atoms with E-state index in [1.807, 2.05) is 4.90 Å². The maximum Gasteiger partial charge on any atom is 0.245 e. The third kappa shape index (κ3) is 2.54. The zero-order chi connectivity index (χ0) is 13.2. The zero-order valence-corrected chi connectivity index (χ0v) is 12.3. The van der Waals surface area contributed by atoms with Crippen LogP contribution in [-0.4, -0.2) is 30.0 Å². The van der Waals surface area contributed by atoms with Crippen molar-refractivity contribution < 1.29 is 4.79 Å². The summed E-state index contributed by atoms with van der Waals surface area (Å²) in [4.78, 5) is 20.3. The molecule has 5 heteroatoms. The van der Waals surface area contributed by atoms with Crippen LogP contribution in [-0.2, 0) is 17.6 Å². The van der Waals surface area contributed by atoms with Crippen LogP contribution in [0, 0.1) is 0 Å². The molecule has 104 valence electrons. The zero-order valence-electron chi connectivity index (χ0n) is 11.4. The van der Waals surface area contributed by atoms with Crippen molar-refractivity contribution >= 4 is 22.4 Å². The molecule has 2 heterocycles. The Hall–Kier alpha value is -0.940. The van der Waals surface area contributed by atoms with E-state index in [2.05, 4.69) is 12.2 Å². The lowest BCUT2D eigenvalue weighted by Crippen LogP contribution is -2.38. The molecule has 0 radical (unpaired) electrons. The highest BCUT2D eigenvalue weighted by Crippen LogP contribution is 2.33. The Kier molecular flexibility index (Phi) is 3.84. The third-order valence-corrected chi connectivity index (χ3v) is 5.09. The maximum absolute atomic E-state index is 12.4. The maximum atomic E-state index is 12.4. The molecule has 1 unspecified atom stereocenters. The van der Waals surface area contributed by atoms with Crippen LogP contribution in [0.5, 0.6) is 0 Å². The van der Waals surface area contributed by atoms with Gasteiger partial charge in [-0.1, -0.05) is 6.92 Å². The predicted octanol–water partition coefficient (Wildman–Crippen LogP) is 2.13. The van der Waals surface area contributed by atoms with E-state index in [1.54, 1.807) is 11.3 Å². The lowest BCUT2D eigenvalue weighted by atomic mass is 10.0. The normalized spacial score (nSPS) is 22.9. The Morgan fingerprint density at radius 3 is 3.05 bits per heavy atom. The molecule has 1 aromatic rings. The van der Waals surface area contributed by atoms with E-state index >= 15 is 0 Å². The van der Waals surface area contributed by atoms with E-state index in [0.29, 0.717) is 0 Å². The van der Waals surface area contributed by atoms with Crippen LogP contribution in [0.15, 0.2) is 0 Å². The van der Waals surface area contributed by atoms with Gasteiger partial charge < -0.3 is 5.32 Å². The first kappa shape index (κ1) is 13.1. The summed E-state index contributed by atoms with van der Waals surface area (Å²) in [6, 6.07) is 0.000813. The van der Waals surface area contributed by atoms with E-state index in [9.17, 15) is 4.79 Å². The van der Waals surface area contributed by atoms with Gasteiger partial charge in [-0.3, -0.25) is 9.69 Å². The van der Waals surface area contributed by atoms with E-state index in [0.717, 1.165) is 43.9 Å². The van der Waals surface area contributed by atoms with Crippen LogP contribution < -0.4 is 10.2 Å². The summed E-state index contributed by atoms with van der Waals surface area (Å²) in [5, 5.41) is 4.26. The van der Waals surface area contributed by atoms with Crippen LogP contribution >= 0.6 is 11.3 Å². The third-order valence-electron chi connectivity index (χ3n) is 3.91. The quantitative estimate of drug-likeness (QED) is 0.918. The molecule has 1 aliphatic heterocycles. The fourth-order valence-electron chi connectivity index (χ4n) is 2.83. The van der Waals surface area contributed by atoms with Crippen LogP contribution in [0.25, 0.3) is 0 Å². The van der Waals surface area contributed by atoms with Crippen molar-refractivity contribution in [2.75, 3.05) is 18.0 Å². The fraction of sp³-hybridized carbons (Fsp3) is 0.714. The number of carbonyl (C=O) groups is 1. The Labute approximate surface area is 118 Å². The van der Waals surface area contributed by atoms with Gasteiger partial charge in [0.1, 0.15) is 0 Å². The lowest BCUT2D eigenvalue weighted by Gasteiger charge is -2.13. The van der Waals surface area contributed by atoms with Gasteiger partial charge in [0.05, 0.1) is 11.7 Å². The van der Waals surface area contributed by atoms with Crippen molar-refractivity contribution in [2.45, 2.75) is 51.5 Å². The standard InChI is InChI=1S/C14H21N3OS/c1-2-8-15-11-7-9-17(13(11)18)14-16-10-5-3-4-6-12(10)19-14/h11,15H,2-9H2,1H3. The highest BCUT2D eigenvalue weighted by molar-refractivity contribution is 7.16. The van der Waals surface area contributed by atoms with E-state index in [1.165, 1.54) is 23.4 Å². The van der Waals surface area contributed by atoms with Gasteiger partial charge in [-0.2, -0.15) is 0 Å². The van der Waals surface area contributed by atoms with Crippen LogP contribution in [0.4, 0.5) is 5.13 Å². The summed E-state index contributed by atoms with van der Waals surface area (Å²) in [5.41, 5.74) is 1.24. The van der Waals surface area contributed by atoms with Crippen molar-refractivity contribution in [2.24, 2.45) is 0 Å². The van der Waals surface area contributed by atoms with E-state index in [4.69, 9.17) is 4.98 Å². The van der Waals surface area contributed by atoms with E-state index in [-0.39, 0.29) is 11.9 Å². The molecule has 3 rings (SSSR count). The topological polar surface area (TPSA) is 45.2 Å². The highest BCUT2D eigenvalue weighted by Gasteiger charge is 2.34. The summed E-state index contributed by atoms with van der Waals surface area (Å²) >= 11 is 1.73. The van der Waals surface area contributed by atoms with Gasteiger partial charge >= 0.3 is 0 Å². The summed E-state index contributed by atoms with van der Waals surface area (Å²) in [7, 11) is 0. The number of fused-ring (bicyclic) bond motifs is 1. The molecule has 1 fully saturated rings. The first-order valence-electron chi connectivity index (χ1n) is 7.33. The molecule has 1 aliphatic carbocycles. The smallest absolute Gasteiger partial charge is 0.245 e. The summed E-state index contributed by atoms with van der Waals surface area (Å²) in [6.07, 6.45) is 6.71. The second kappa shape index (κ2) is 5.59. The molecule has 4 nitrogen and oxygen atoms in total. The molecule has 1 saturated heterocycles. The molecule has 0 saturated carbocycles. The number of anilines is 1. The molecule has 0 bridgehead atoms. The summed E-state index contributed by atoms with van der Waals surface area (Å²) < 4.78 is 0. The number of hydrogen-bond acceptors (Lipinski definition) is 4. The molecule has 19 heavy (non-hydrogen) atoms. The van der Waals surface area contributed by atoms with Crippen LogP contribution in [0.2, 0.25) is 0 Å². The monoisotopic (exact) mass is 279 g/mol. The van der Waals surface area contributed by atoms with Gasteiger partial charge in [0.15, 0.2) is 5.13 Å². The minimum atomic E-state index is 0.000813. The Morgan fingerprint density at radius 1 is 1.42 bits per heavy atom. The van der Waals surface area contributed by atoms with Gasteiger partial charge in [-0.05, 0) is 45.1 Å². The molecule has 2 aliphatic rings. The SMILES string of the molecule is CCCNC1CCN(c2nc3c(s2)CCCC3)C1=O. The highest BCUT2D eigenvalue weighted by atomic mass is 32.1. The van der Waals surface area contributed by atoms with Crippen molar-refractivity contribution in [1.82, 2.24) is 10.3 Å². The molecule has 1 amide bonds. The van der Waals surface area contributed by atoms with Crippen molar-refractivity contribution in [3.8, 4) is 0 Å². The van der Waals surface area contributed by atoms with Crippen LogP contribution in [0.3, 0.4) is 0 Å². The molecule has 1 N–H and O–H groups in total. The number of aryl methyl sites for hydroxylation is 2. The number of amides is 1. The summed E-state index contributed by atoms with van der Waals surface area (Å²) in [5.74, 6) is 0.208. The Bertz CT molecular complexity index is 448. The minimum absolute atomic E-state index is 0.000813. The minimum Gasteiger partial charge on any atom is -0.306 e. The fourth-order valence-corrected chi connectivity index (χ4v) is 4.01. The first-order chi connectivity index (χ1) is 9.29. The molecule has 1 aromatic heterocycles. The number of aromatic nitrogens is 1. The lowest BCUT2D eigenvalue weighted by molar-refractivity contribution is -0.118. The number of thiazole rings is 1. The second-order valence-corrected chi connectivity index (χ2v) is 6.42. The Balaban J connectivity index is 1.72. The van der Waals surface area contributed by atoms with Crippen molar-refractivity contribution in [3.63, 3.8) is 0 Å². The molecular weight excluding hydrogens is 258 g/mol. The van der Waals surface area contributed by atoms with E-state index < -0.39 is 0 Å². The van der Waals surface area contributed by atoms with Gasteiger partial charge in [-0.15, -0.1) is 11.3 Å². The van der Waals surface area contributed by atoms with Gasteiger partial charge in [0.2, 0.25) is 5.91 Å². The van der Waals surface area contributed by atoms with Crippen molar-refractivity contribution in [3.05, 3.63) is 10.6 Å². The number of nitrogens with zero attached hydrogens (tertiary/aromatic N) is 2. The molecule has 0 spiro atoms. The molecular formula is C14H21N3OS. The number of hydrogen-bond donors (Lipinski definition) is 1. The van der Waals surface area contributed by atoms with Gasteiger partial charge in [0.25, 0.3) is 0 Å². The number of carbonyl (C=O) groups excluding carboxylic acids is 1. The number of nitrogens with one attached hydrogen (secondary N) is 1. The van der Waals surface area contributed by atoms with Gasteiger partial charge in [0, 0.05) is 11.4 Å². The molecule has 0 aromatic carbocycles. The second-order valence-electron chi connectivity index (χ2n) is 5.36.